The van der Waals surface area contributed by atoms with Crippen molar-refractivity contribution in [2.24, 2.45) is 5.92 Å². The topological polar surface area (TPSA) is 17.8 Å². The molecule has 0 aliphatic rings. The first kappa shape index (κ1) is 10.9. The van der Waals surface area contributed by atoms with Crippen molar-refractivity contribution in [3.8, 4) is 5.69 Å². The Bertz CT molecular complexity index is 452. The molecule has 2 nitrogen and oxygen atoms in total. The SMILES string of the molecule is Cc1ccc(-n2ccc(CC(C)C)n2)cc1. The highest BCUT2D eigenvalue weighted by Gasteiger charge is 2.03. The Morgan fingerprint density at radius 2 is 1.81 bits per heavy atom. The number of hydrogen-bond donors (Lipinski definition) is 0. The Morgan fingerprint density at radius 3 is 2.44 bits per heavy atom. The van der Waals surface area contributed by atoms with E-state index in [1.807, 2.05) is 10.9 Å². The Hall–Kier alpha value is -1.57. The first-order valence-electron chi connectivity index (χ1n) is 5.77. The van der Waals surface area contributed by atoms with Gasteiger partial charge in [-0.1, -0.05) is 31.5 Å². The molecule has 0 bridgehead atoms. The molecule has 0 unspecified atom stereocenters. The lowest BCUT2D eigenvalue weighted by Crippen LogP contribution is -1.98. The van der Waals surface area contributed by atoms with Crippen LogP contribution in [0.5, 0.6) is 0 Å². The zero-order chi connectivity index (χ0) is 11.5. The third kappa shape index (κ3) is 2.51. The van der Waals surface area contributed by atoms with Gasteiger partial charge in [-0.2, -0.15) is 5.10 Å². The minimum absolute atomic E-state index is 0.654. The third-order valence-corrected chi connectivity index (χ3v) is 2.56. The normalized spacial score (nSPS) is 11.0. The van der Waals surface area contributed by atoms with Crippen LogP contribution in [0.15, 0.2) is 36.5 Å². The summed E-state index contributed by atoms with van der Waals surface area (Å²) in [6.45, 7) is 6.52. The van der Waals surface area contributed by atoms with Crippen molar-refractivity contribution in [2.45, 2.75) is 27.2 Å². The van der Waals surface area contributed by atoms with Gasteiger partial charge in [0, 0.05) is 6.20 Å². The smallest absolute Gasteiger partial charge is 0.0645 e. The summed E-state index contributed by atoms with van der Waals surface area (Å²) in [4.78, 5) is 0. The number of nitrogens with zero attached hydrogens (tertiary/aromatic N) is 2. The number of hydrogen-bond acceptors (Lipinski definition) is 1. The summed E-state index contributed by atoms with van der Waals surface area (Å²) in [6.07, 6.45) is 3.07. The van der Waals surface area contributed by atoms with Crippen LogP contribution in [0.4, 0.5) is 0 Å². The van der Waals surface area contributed by atoms with Gasteiger partial charge in [-0.25, -0.2) is 4.68 Å². The Balaban J connectivity index is 2.21. The van der Waals surface area contributed by atoms with E-state index in [9.17, 15) is 0 Å². The molecule has 16 heavy (non-hydrogen) atoms. The maximum Gasteiger partial charge on any atom is 0.0645 e. The van der Waals surface area contributed by atoms with Gasteiger partial charge in [0.1, 0.15) is 0 Å². The molecule has 1 aromatic heterocycles. The molecule has 2 rings (SSSR count). The summed E-state index contributed by atoms with van der Waals surface area (Å²) >= 11 is 0. The molecule has 84 valence electrons. The van der Waals surface area contributed by atoms with E-state index >= 15 is 0 Å². The van der Waals surface area contributed by atoms with Gasteiger partial charge in [0.2, 0.25) is 0 Å². The first-order valence-corrected chi connectivity index (χ1v) is 5.77. The van der Waals surface area contributed by atoms with E-state index in [0.29, 0.717) is 5.92 Å². The zero-order valence-electron chi connectivity index (χ0n) is 10.1. The fraction of sp³-hybridized carbons (Fsp3) is 0.357. The molecule has 2 aromatic rings. The summed E-state index contributed by atoms with van der Waals surface area (Å²) in [6, 6.07) is 10.5. The van der Waals surface area contributed by atoms with Gasteiger partial charge in [-0.05, 0) is 37.5 Å². The van der Waals surface area contributed by atoms with Crippen LogP contribution in [0.25, 0.3) is 5.69 Å². The van der Waals surface area contributed by atoms with E-state index in [2.05, 4.69) is 56.2 Å². The largest absolute Gasteiger partial charge is 0.241 e. The molecule has 1 aromatic carbocycles. The third-order valence-electron chi connectivity index (χ3n) is 2.56. The summed E-state index contributed by atoms with van der Waals surface area (Å²) in [5.74, 6) is 0.654. The highest BCUT2D eigenvalue weighted by atomic mass is 15.3. The maximum absolute atomic E-state index is 4.57. The minimum Gasteiger partial charge on any atom is -0.241 e. The van der Waals surface area contributed by atoms with Gasteiger partial charge in [0.25, 0.3) is 0 Å². The average molecular weight is 214 g/mol. The van der Waals surface area contributed by atoms with Crippen LogP contribution in [0.2, 0.25) is 0 Å². The summed E-state index contributed by atoms with van der Waals surface area (Å²) in [5, 5.41) is 4.57. The number of aromatic nitrogens is 2. The standard InChI is InChI=1S/C14H18N2/c1-11(2)10-13-8-9-16(15-13)14-6-4-12(3)5-7-14/h4-9,11H,10H2,1-3H3. The zero-order valence-corrected chi connectivity index (χ0v) is 10.1. The fourth-order valence-electron chi connectivity index (χ4n) is 1.73. The summed E-state index contributed by atoms with van der Waals surface area (Å²) in [7, 11) is 0. The molecule has 0 amide bonds. The van der Waals surface area contributed by atoms with Gasteiger partial charge < -0.3 is 0 Å². The van der Waals surface area contributed by atoms with Gasteiger partial charge in [0.05, 0.1) is 11.4 Å². The number of benzene rings is 1. The molecule has 0 saturated heterocycles. The van der Waals surface area contributed by atoms with Crippen LogP contribution in [-0.2, 0) is 6.42 Å². The lowest BCUT2D eigenvalue weighted by molar-refractivity contribution is 0.628. The minimum atomic E-state index is 0.654. The molecule has 0 atom stereocenters. The average Bonchev–Trinajstić information content (AvgIpc) is 2.66. The maximum atomic E-state index is 4.57. The quantitative estimate of drug-likeness (QED) is 0.766. The van der Waals surface area contributed by atoms with Crippen LogP contribution < -0.4 is 0 Å². The molecular formula is C14H18N2. The molecule has 0 spiro atoms. The molecule has 0 saturated carbocycles. The van der Waals surface area contributed by atoms with E-state index in [4.69, 9.17) is 0 Å². The predicted octanol–water partition coefficient (Wildman–Crippen LogP) is 3.38. The van der Waals surface area contributed by atoms with Crippen molar-refractivity contribution in [1.29, 1.82) is 0 Å². The molecular weight excluding hydrogens is 196 g/mol. The molecule has 0 aliphatic carbocycles. The molecule has 0 aliphatic heterocycles. The monoisotopic (exact) mass is 214 g/mol. The molecule has 0 N–H and O–H groups in total. The van der Waals surface area contributed by atoms with Crippen molar-refractivity contribution in [3.05, 3.63) is 47.8 Å². The Morgan fingerprint density at radius 1 is 1.12 bits per heavy atom. The Labute approximate surface area is 96.9 Å². The van der Waals surface area contributed by atoms with E-state index in [1.54, 1.807) is 0 Å². The Kier molecular flexibility index (Phi) is 3.09. The lowest BCUT2D eigenvalue weighted by atomic mass is 10.1. The van der Waals surface area contributed by atoms with Crippen LogP contribution in [0.1, 0.15) is 25.1 Å². The first-order chi connectivity index (χ1) is 7.65. The molecule has 1 heterocycles. The summed E-state index contributed by atoms with van der Waals surface area (Å²) < 4.78 is 1.94. The number of aryl methyl sites for hydroxylation is 1. The second-order valence-corrected chi connectivity index (χ2v) is 4.69. The van der Waals surface area contributed by atoms with Gasteiger partial charge in [0.15, 0.2) is 0 Å². The molecule has 0 fully saturated rings. The van der Waals surface area contributed by atoms with E-state index in [-0.39, 0.29) is 0 Å². The van der Waals surface area contributed by atoms with Crippen molar-refractivity contribution in [1.82, 2.24) is 9.78 Å². The van der Waals surface area contributed by atoms with Crippen molar-refractivity contribution in [3.63, 3.8) is 0 Å². The van der Waals surface area contributed by atoms with Crippen molar-refractivity contribution >= 4 is 0 Å². The highest BCUT2D eigenvalue weighted by molar-refractivity contribution is 5.33. The van der Waals surface area contributed by atoms with E-state index < -0.39 is 0 Å². The van der Waals surface area contributed by atoms with E-state index in [0.717, 1.165) is 17.8 Å². The second-order valence-electron chi connectivity index (χ2n) is 4.69. The fourth-order valence-corrected chi connectivity index (χ4v) is 1.73. The second kappa shape index (κ2) is 4.52. The van der Waals surface area contributed by atoms with Crippen molar-refractivity contribution in [2.75, 3.05) is 0 Å². The van der Waals surface area contributed by atoms with Crippen LogP contribution in [0, 0.1) is 12.8 Å². The molecule has 2 heteroatoms. The highest BCUT2D eigenvalue weighted by Crippen LogP contribution is 2.11. The lowest BCUT2D eigenvalue weighted by Gasteiger charge is -2.02. The van der Waals surface area contributed by atoms with Gasteiger partial charge >= 0.3 is 0 Å². The van der Waals surface area contributed by atoms with Gasteiger partial charge in [-0.15, -0.1) is 0 Å². The summed E-state index contributed by atoms with van der Waals surface area (Å²) in [5.41, 5.74) is 3.56. The van der Waals surface area contributed by atoms with Crippen LogP contribution in [-0.4, -0.2) is 9.78 Å². The predicted molar refractivity (Wildman–Crippen MR) is 66.8 cm³/mol. The van der Waals surface area contributed by atoms with E-state index in [1.165, 1.54) is 5.56 Å². The number of rotatable bonds is 3. The van der Waals surface area contributed by atoms with Gasteiger partial charge in [-0.3, -0.25) is 0 Å². The molecule has 0 radical (unpaired) electrons. The van der Waals surface area contributed by atoms with Crippen LogP contribution in [0.3, 0.4) is 0 Å². The van der Waals surface area contributed by atoms with Crippen LogP contribution >= 0.6 is 0 Å². The van der Waals surface area contributed by atoms with Crippen molar-refractivity contribution < 1.29 is 0 Å².